The van der Waals surface area contributed by atoms with Crippen LogP contribution < -0.4 is 14.2 Å². The van der Waals surface area contributed by atoms with Crippen LogP contribution in [0.1, 0.15) is 18.9 Å². The molecular weight excluding hydrogens is 432 g/mol. The van der Waals surface area contributed by atoms with Crippen LogP contribution in [0.15, 0.2) is 72.8 Å². The first-order valence-corrected chi connectivity index (χ1v) is 11.4. The van der Waals surface area contributed by atoms with Crippen LogP contribution in [0, 0.1) is 0 Å². The van der Waals surface area contributed by atoms with E-state index < -0.39 is 6.10 Å². The fraction of sp³-hybridized carbons (Fsp3) is 0.321. The molecule has 3 rings (SSSR count). The molecule has 0 N–H and O–H groups in total. The Morgan fingerprint density at radius 1 is 0.824 bits per heavy atom. The van der Waals surface area contributed by atoms with Gasteiger partial charge in [0.1, 0.15) is 5.75 Å². The zero-order valence-electron chi connectivity index (χ0n) is 20.0. The molecular formula is C28H32O6. The maximum Gasteiger partial charge on any atom is 0.335 e. The molecule has 1 atom stereocenters. The predicted octanol–water partition coefficient (Wildman–Crippen LogP) is 5.33. The molecule has 0 spiro atoms. The number of hydrogen-bond acceptors (Lipinski definition) is 6. The van der Waals surface area contributed by atoms with Crippen LogP contribution in [-0.4, -0.2) is 46.1 Å². The van der Waals surface area contributed by atoms with Crippen molar-refractivity contribution in [3.63, 3.8) is 0 Å². The molecule has 0 saturated carbocycles. The molecule has 3 aromatic carbocycles. The molecule has 0 radical (unpaired) electrons. The minimum Gasteiger partial charge on any atom is -0.493 e. The Bertz CT molecular complexity index is 1020. The Morgan fingerprint density at radius 2 is 1.53 bits per heavy atom. The third-order valence-electron chi connectivity index (χ3n) is 5.26. The van der Waals surface area contributed by atoms with E-state index >= 15 is 0 Å². The molecule has 0 aliphatic carbocycles. The molecule has 3 aromatic rings. The molecule has 0 amide bonds. The lowest BCUT2D eigenvalue weighted by molar-refractivity contribution is -0.154. The van der Waals surface area contributed by atoms with E-state index in [2.05, 4.69) is 24.3 Å². The van der Waals surface area contributed by atoms with Gasteiger partial charge in [-0.1, -0.05) is 48.5 Å². The summed E-state index contributed by atoms with van der Waals surface area (Å²) in [7, 11) is 3.09. The molecule has 0 aliphatic heterocycles. The first-order chi connectivity index (χ1) is 16.6. The zero-order chi connectivity index (χ0) is 24.2. The number of rotatable bonds is 13. The summed E-state index contributed by atoms with van der Waals surface area (Å²) in [6.07, 6.45) is 0.457. The Kier molecular flexibility index (Phi) is 9.80. The second-order valence-electron chi connectivity index (χ2n) is 7.61. The molecule has 0 heterocycles. The van der Waals surface area contributed by atoms with Gasteiger partial charge in [-0.2, -0.15) is 0 Å². The molecule has 0 saturated heterocycles. The van der Waals surface area contributed by atoms with Crippen LogP contribution in [0.5, 0.6) is 17.2 Å². The molecule has 0 bridgehead atoms. The second-order valence-corrected chi connectivity index (χ2v) is 7.61. The van der Waals surface area contributed by atoms with E-state index in [9.17, 15) is 4.79 Å². The SMILES string of the molecule is CCOC(=O)C(Cc1ccc(OCCCOc2ccc(-c3ccccc3)cc2)c(OC)c1)OC. The molecule has 180 valence electrons. The predicted molar refractivity (Wildman–Crippen MR) is 132 cm³/mol. The summed E-state index contributed by atoms with van der Waals surface area (Å²) < 4.78 is 27.5. The topological polar surface area (TPSA) is 63.2 Å². The maximum atomic E-state index is 12.0. The Hall–Kier alpha value is -3.51. The Morgan fingerprint density at radius 3 is 2.21 bits per heavy atom. The van der Waals surface area contributed by atoms with E-state index in [0.717, 1.165) is 23.3 Å². The molecule has 0 aliphatic rings. The summed E-state index contributed by atoms with van der Waals surface area (Å²) in [4.78, 5) is 12.0. The van der Waals surface area contributed by atoms with Gasteiger partial charge in [-0.25, -0.2) is 4.79 Å². The minimum absolute atomic E-state index is 0.317. The highest BCUT2D eigenvalue weighted by atomic mass is 16.6. The minimum atomic E-state index is -0.657. The van der Waals surface area contributed by atoms with Crippen LogP contribution in [0.4, 0.5) is 0 Å². The molecule has 6 heteroatoms. The van der Waals surface area contributed by atoms with Gasteiger partial charge in [0.25, 0.3) is 0 Å². The normalized spacial score (nSPS) is 11.5. The zero-order valence-corrected chi connectivity index (χ0v) is 20.0. The maximum absolute atomic E-state index is 12.0. The van der Waals surface area contributed by atoms with Crippen LogP contribution in [0.2, 0.25) is 0 Å². The average molecular weight is 465 g/mol. The van der Waals surface area contributed by atoms with Crippen molar-refractivity contribution in [1.29, 1.82) is 0 Å². The average Bonchev–Trinajstić information content (AvgIpc) is 2.88. The van der Waals surface area contributed by atoms with E-state index in [1.165, 1.54) is 12.7 Å². The molecule has 34 heavy (non-hydrogen) atoms. The van der Waals surface area contributed by atoms with Gasteiger partial charge in [0.15, 0.2) is 17.6 Å². The van der Waals surface area contributed by atoms with E-state index in [-0.39, 0.29) is 5.97 Å². The lowest BCUT2D eigenvalue weighted by Gasteiger charge is -2.16. The first kappa shape index (κ1) is 25.1. The van der Waals surface area contributed by atoms with Gasteiger partial charge in [-0.15, -0.1) is 0 Å². The fourth-order valence-corrected chi connectivity index (χ4v) is 3.48. The highest BCUT2D eigenvalue weighted by Crippen LogP contribution is 2.29. The van der Waals surface area contributed by atoms with Crippen LogP contribution >= 0.6 is 0 Å². The number of ether oxygens (including phenoxy) is 5. The summed E-state index contributed by atoms with van der Waals surface area (Å²) in [6, 6.07) is 23.9. The summed E-state index contributed by atoms with van der Waals surface area (Å²) in [5, 5.41) is 0. The third kappa shape index (κ3) is 7.25. The number of benzene rings is 3. The van der Waals surface area contributed by atoms with E-state index in [1.54, 1.807) is 14.0 Å². The molecule has 6 nitrogen and oxygen atoms in total. The molecule has 0 aromatic heterocycles. The number of methoxy groups -OCH3 is 2. The standard InChI is InChI=1S/C28H32O6/c1-4-32-28(29)27(31-3)20-21-11-16-25(26(19-21)30-2)34-18-8-17-33-24-14-12-23(13-15-24)22-9-6-5-7-10-22/h5-7,9-16,19,27H,4,8,17-18,20H2,1-3H3. The number of esters is 1. The van der Waals surface area contributed by atoms with E-state index in [4.69, 9.17) is 23.7 Å². The van der Waals surface area contributed by atoms with Crippen LogP contribution in [-0.2, 0) is 20.7 Å². The molecule has 0 fully saturated rings. The largest absolute Gasteiger partial charge is 0.493 e. The van der Waals surface area contributed by atoms with Gasteiger partial charge in [0.05, 0.1) is 26.9 Å². The highest BCUT2D eigenvalue weighted by molar-refractivity contribution is 5.75. The van der Waals surface area contributed by atoms with Crippen LogP contribution in [0.3, 0.4) is 0 Å². The fourth-order valence-electron chi connectivity index (χ4n) is 3.48. The number of hydrogen-bond donors (Lipinski definition) is 0. The summed E-state index contributed by atoms with van der Waals surface area (Å²) in [5.74, 6) is 1.70. The third-order valence-corrected chi connectivity index (χ3v) is 5.26. The smallest absolute Gasteiger partial charge is 0.335 e. The van der Waals surface area contributed by atoms with Gasteiger partial charge in [-0.05, 0) is 47.9 Å². The van der Waals surface area contributed by atoms with Crippen molar-refractivity contribution in [3.8, 4) is 28.4 Å². The molecule has 1 unspecified atom stereocenters. The Balaban J connectivity index is 1.45. The summed E-state index contributed by atoms with van der Waals surface area (Å²) in [6.45, 7) is 3.12. The van der Waals surface area contributed by atoms with Crippen molar-refractivity contribution < 1.29 is 28.5 Å². The van der Waals surface area contributed by atoms with Gasteiger partial charge in [0.2, 0.25) is 0 Å². The Labute approximate surface area is 201 Å². The second kappa shape index (κ2) is 13.3. The van der Waals surface area contributed by atoms with Crippen molar-refractivity contribution in [2.24, 2.45) is 0 Å². The lowest BCUT2D eigenvalue weighted by atomic mass is 10.1. The van der Waals surface area contributed by atoms with Gasteiger partial charge in [0, 0.05) is 20.0 Å². The van der Waals surface area contributed by atoms with Gasteiger partial charge < -0.3 is 23.7 Å². The van der Waals surface area contributed by atoms with Gasteiger partial charge >= 0.3 is 5.97 Å². The monoisotopic (exact) mass is 464 g/mol. The number of carbonyl (C=O) groups excluding carboxylic acids is 1. The van der Waals surface area contributed by atoms with Crippen molar-refractivity contribution in [3.05, 3.63) is 78.4 Å². The number of carbonyl (C=O) groups is 1. The summed E-state index contributed by atoms with van der Waals surface area (Å²) in [5.41, 5.74) is 3.23. The van der Waals surface area contributed by atoms with E-state index in [1.807, 2.05) is 48.5 Å². The first-order valence-electron chi connectivity index (χ1n) is 11.4. The highest BCUT2D eigenvalue weighted by Gasteiger charge is 2.20. The van der Waals surface area contributed by atoms with Crippen molar-refractivity contribution in [2.75, 3.05) is 34.0 Å². The summed E-state index contributed by atoms with van der Waals surface area (Å²) >= 11 is 0. The van der Waals surface area contributed by atoms with Crippen molar-refractivity contribution in [1.82, 2.24) is 0 Å². The van der Waals surface area contributed by atoms with Gasteiger partial charge in [-0.3, -0.25) is 0 Å². The van der Waals surface area contributed by atoms with Crippen LogP contribution in [0.25, 0.3) is 11.1 Å². The lowest BCUT2D eigenvalue weighted by Crippen LogP contribution is -2.27. The van der Waals surface area contributed by atoms with Crippen molar-refractivity contribution >= 4 is 5.97 Å². The quantitative estimate of drug-likeness (QED) is 0.252. The van der Waals surface area contributed by atoms with Crippen molar-refractivity contribution in [2.45, 2.75) is 25.9 Å². The van der Waals surface area contributed by atoms with E-state index in [0.29, 0.717) is 37.7 Å².